The Hall–Kier alpha value is -0.400. The number of amides is 1. The predicted molar refractivity (Wildman–Crippen MR) is 66.0 cm³/mol. The number of carbonyl (C=O) groups is 2. The molecule has 0 bridgehead atoms. The number of rotatable bonds is 3. The van der Waals surface area contributed by atoms with Gasteiger partial charge in [-0.15, -0.1) is 0 Å². The molecule has 3 rings (SSSR count). The van der Waals surface area contributed by atoms with Crippen LogP contribution in [0.5, 0.6) is 0 Å². The smallest absolute Gasteiger partial charge is 0.543 e. The molecule has 3 aliphatic rings. The predicted octanol–water partition coefficient (Wildman–Crippen LogP) is -3.97. The number of hydrogen-bond acceptors (Lipinski definition) is 5. The summed E-state index contributed by atoms with van der Waals surface area (Å²) in [6.07, 6.45) is 1.47. The molecule has 1 N–H and O–H groups in total. The molecule has 1 unspecified atom stereocenters. The molecule has 21 heavy (non-hydrogen) atoms. The van der Waals surface area contributed by atoms with Crippen LogP contribution in [0.2, 0.25) is 0 Å². The Balaban J connectivity index is 0.00000161. The van der Waals surface area contributed by atoms with E-state index in [1.165, 1.54) is 4.90 Å². The van der Waals surface area contributed by atoms with Crippen molar-refractivity contribution in [3.63, 3.8) is 0 Å². The van der Waals surface area contributed by atoms with E-state index in [1.54, 1.807) is 14.0 Å². The Morgan fingerprint density at radius 2 is 2.14 bits per heavy atom. The summed E-state index contributed by atoms with van der Waals surface area (Å²) < 4.78 is 5.39. The van der Waals surface area contributed by atoms with E-state index in [0.29, 0.717) is 5.57 Å². The minimum absolute atomic E-state index is 0. The summed E-state index contributed by atoms with van der Waals surface area (Å²) in [5.74, 6) is -2.18. The van der Waals surface area contributed by atoms with E-state index in [2.05, 4.69) is 0 Å². The number of aliphatic carboxylic acids is 1. The van der Waals surface area contributed by atoms with Crippen molar-refractivity contribution < 1.29 is 54.1 Å². The van der Waals surface area contributed by atoms with Gasteiger partial charge in [0.15, 0.2) is 0 Å². The largest absolute Gasteiger partial charge is 1.00 e. The zero-order valence-corrected chi connectivity index (χ0v) is 14.5. The fourth-order valence-corrected chi connectivity index (χ4v) is 4.07. The number of carboxylic acids is 1. The summed E-state index contributed by atoms with van der Waals surface area (Å²) in [7, 11) is 1.55. The number of methoxy groups -OCH3 is 1. The van der Waals surface area contributed by atoms with Gasteiger partial charge in [0.25, 0.3) is 0 Å². The maximum Gasteiger partial charge on any atom is 1.00 e. The first kappa shape index (κ1) is 17.0. The molecule has 0 radical (unpaired) electrons. The molecular formula is C14H18NNaO5. The molecule has 7 heteroatoms. The molecule has 0 aromatic rings. The molecule has 0 aromatic heterocycles. The Morgan fingerprint density at radius 1 is 1.48 bits per heavy atom. The molecule has 1 amide bonds. The van der Waals surface area contributed by atoms with E-state index >= 15 is 0 Å². The van der Waals surface area contributed by atoms with Crippen LogP contribution in [-0.4, -0.2) is 47.2 Å². The van der Waals surface area contributed by atoms with Crippen molar-refractivity contribution in [3.05, 3.63) is 11.3 Å². The van der Waals surface area contributed by atoms with Gasteiger partial charge in [0, 0.05) is 13.0 Å². The molecule has 0 aromatic carbocycles. The van der Waals surface area contributed by atoms with Crippen LogP contribution < -0.4 is 34.7 Å². The number of nitrogens with zero attached hydrogens (tertiary/aromatic N) is 1. The number of carboxylic acid groups (broad SMARTS) is 1. The molecule has 2 aliphatic heterocycles. The summed E-state index contributed by atoms with van der Waals surface area (Å²) in [6.45, 7) is 1.58. The van der Waals surface area contributed by atoms with Crippen molar-refractivity contribution in [1.29, 1.82) is 0 Å². The molecule has 1 aliphatic carbocycles. The second-order valence-electron chi connectivity index (χ2n) is 5.82. The molecule has 0 spiro atoms. The first-order valence-corrected chi connectivity index (χ1v) is 6.98. The maximum atomic E-state index is 12.1. The molecule has 5 atom stereocenters. The normalized spacial score (nSPS) is 35.6. The first-order chi connectivity index (χ1) is 9.49. The van der Waals surface area contributed by atoms with Gasteiger partial charge in [-0.25, -0.2) is 0 Å². The van der Waals surface area contributed by atoms with Crippen molar-refractivity contribution in [2.24, 2.45) is 11.8 Å². The molecule has 1 saturated heterocycles. The minimum Gasteiger partial charge on any atom is -0.543 e. The zero-order chi connectivity index (χ0) is 14.6. The summed E-state index contributed by atoms with van der Waals surface area (Å²) in [6, 6.07) is -0.247. The van der Waals surface area contributed by atoms with E-state index < -0.39 is 18.0 Å². The number of fused-ring (bicyclic) bond motifs is 3. The van der Waals surface area contributed by atoms with Gasteiger partial charge in [-0.2, -0.15) is 0 Å². The number of ether oxygens (including phenoxy) is 1. The summed E-state index contributed by atoms with van der Waals surface area (Å²) in [4.78, 5) is 24.9. The van der Waals surface area contributed by atoms with Gasteiger partial charge in [-0.1, -0.05) is 0 Å². The average Bonchev–Trinajstić information content (AvgIpc) is 2.69. The third-order valence-electron chi connectivity index (χ3n) is 4.84. The standard InChI is InChI=1S/C14H19NO5.Na/c1-6(16)9-11-7-4-3-5-8(20-2)10(7)12(14(18)19)15(11)13(9)17;/h6-9,11,16H,3-5H2,1-2H3,(H,18,19);/q;+1/p-1/t6-,7+,8+,9?,11-;/m1./s1. The van der Waals surface area contributed by atoms with Gasteiger partial charge in [-0.05, 0) is 31.8 Å². The quantitative estimate of drug-likeness (QED) is 0.424. The van der Waals surface area contributed by atoms with Gasteiger partial charge >= 0.3 is 29.6 Å². The SMILES string of the molecule is CO[C@H]1CCC[C@H]2C1=C(C(=O)[O-])N1C(=O)C([C@@H](C)O)[C@@H]21.[Na+]. The topological polar surface area (TPSA) is 89.9 Å². The van der Waals surface area contributed by atoms with Crippen molar-refractivity contribution in [2.75, 3.05) is 7.11 Å². The van der Waals surface area contributed by atoms with E-state index in [-0.39, 0.29) is 59.2 Å². The summed E-state index contributed by atoms with van der Waals surface area (Å²) >= 11 is 0. The molecular weight excluding hydrogens is 285 g/mol. The van der Waals surface area contributed by atoms with E-state index in [4.69, 9.17) is 4.74 Å². The van der Waals surface area contributed by atoms with Crippen LogP contribution in [0.1, 0.15) is 26.2 Å². The Kier molecular flexibility index (Phi) is 4.85. The van der Waals surface area contributed by atoms with Gasteiger partial charge in [0.2, 0.25) is 5.91 Å². The van der Waals surface area contributed by atoms with Crippen LogP contribution in [0.4, 0.5) is 0 Å². The van der Waals surface area contributed by atoms with Crippen molar-refractivity contribution >= 4 is 11.9 Å². The van der Waals surface area contributed by atoms with E-state index in [0.717, 1.165) is 19.3 Å². The van der Waals surface area contributed by atoms with Crippen LogP contribution in [0.15, 0.2) is 11.3 Å². The van der Waals surface area contributed by atoms with Gasteiger partial charge in [-0.3, -0.25) is 4.79 Å². The Bertz CT molecular complexity index is 504. The summed E-state index contributed by atoms with van der Waals surface area (Å²) in [5, 5.41) is 21.2. The number of β-lactam (4-membered cyclic amide) rings is 1. The molecule has 2 fully saturated rings. The number of aliphatic hydroxyl groups is 1. The number of aliphatic hydroxyl groups excluding tert-OH is 1. The van der Waals surface area contributed by atoms with Crippen LogP contribution >= 0.6 is 0 Å². The fraction of sp³-hybridized carbons (Fsp3) is 0.714. The van der Waals surface area contributed by atoms with Crippen LogP contribution in [0.25, 0.3) is 0 Å². The van der Waals surface area contributed by atoms with Gasteiger partial charge in [0.1, 0.15) is 0 Å². The minimum atomic E-state index is -1.33. The second-order valence-corrected chi connectivity index (χ2v) is 5.82. The number of carbonyl (C=O) groups excluding carboxylic acids is 2. The van der Waals surface area contributed by atoms with Crippen molar-refractivity contribution in [3.8, 4) is 0 Å². The number of hydrogen-bond donors (Lipinski definition) is 1. The average molecular weight is 303 g/mol. The molecule has 6 nitrogen and oxygen atoms in total. The van der Waals surface area contributed by atoms with Crippen molar-refractivity contribution in [2.45, 2.75) is 44.4 Å². The Morgan fingerprint density at radius 3 is 2.67 bits per heavy atom. The molecule has 110 valence electrons. The molecule has 2 heterocycles. The maximum absolute atomic E-state index is 12.1. The Labute approximate surface area is 145 Å². The monoisotopic (exact) mass is 303 g/mol. The van der Waals surface area contributed by atoms with Gasteiger partial charge in [0.05, 0.1) is 35.8 Å². The van der Waals surface area contributed by atoms with Crippen molar-refractivity contribution in [1.82, 2.24) is 4.90 Å². The third kappa shape index (κ3) is 2.28. The van der Waals surface area contributed by atoms with Gasteiger partial charge < -0.3 is 24.6 Å². The zero-order valence-electron chi connectivity index (χ0n) is 12.5. The van der Waals surface area contributed by atoms with Crippen LogP contribution in [0.3, 0.4) is 0 Å². The third-order valence-corrected chi connectivity index (χ3v) is 4.84. The fourth-order valence-electron chi connectivity index (χ4n) is 4.07. The van der Waals surface area contributed by atoms with E-state index in [1.807, 2.05) is 0 Å². The van der Waals surface area contributed by atoms with Crippen LogP contribution in [0, 0.1) is 11.8 Å². The second kappa shape index (κ2) is 6.01. The molecule has 1 saturated carbocycles. The first-order valence-electron chi connectivity index (χ1n) is 6.98. The van der Waals surface area contributed by atoms with E-state index in [9.17, 15) is 19.8 Å². The summed E-state index contributed by atoms with van der Waals surface area (Å²) in [5.41, 5.74) is 0.661. The van der Waals surface area contributed by atoms with Crippen LogP contribution in [-0.2, 0) is 14.3 Å².